The van der Waals surface area contributed by atoms with Crippen molar-refractivity contribution < 1.29 is 0 Å². The molecule has 0 fully saturated rings. The summed E-state index contributed by atoms with van der Waals surface area (Å²) < 4.78 is 0. The molecule has 0 atom stereocenters. The molecule has 0 nitrogen and oxygen atoms in total. The summed E-state index contributed by atoms with van der Waals surface area (Å²) in [4.78, 5) is 0. The molecule has 2 aromatic rings. The van der Waals surface area contributed by atoms with Crippen LogP contribution in [0.25, 0.3) is 0 Å². The van der Waals surface area contributed by atoms with Crippen LogP contribution in [0.1, 0.15) is 43.4 Å². The summed E-state index contributed by atoms with van der Waals surface area (Å²) in [5, 5.41) is 0. The summed E-state index contributed by atoms with van der Waals surface area (Å²) in [6, 6.07) is 18.7. The molecule has 0 aliphatic carbocycles. The molecule has 0 heterocycles. The molecule has 19 heavy (non-hydrogen) atoms. The van der Waals surface area contributed by atoms with Gasteiger partial charge < -0.3 is 0 Å². The van der Waals surface area contributed by atoms with E-state index < -0.39 is 0 Å². The molecule has 0 unspecified atom stereocenters. The van der Waals surface area contributed by atoms with Crippen LogP contribution in [0.2, 0.25) is 0 Å². The minimum atomic E-state index is 1.32. The first-order chi connectivity index (χ1) is 9.10. The Hall–Kier alpha value is -1.56. The predicted molar refractivity (Wildman–Crippen MR) is 87.7 cm³/mol. The van der Waals surface area contributed by atoms with Crippen LogP contribution < -0.4 is 0 Å². The Morgan fingerprint density at radius 3 is 1.05 bits per heavy atom. The van der Waals surface area contributed by atoms with Gasteiger partial charge in [0.05, 0.1) is 0 Å². The van der Waals surface area contributed by atoms with Crippen LogP contribution in [0.3, 0.4) is 0 Å². The fraction of sp³-hybridized carbons (Fsp3) is 0.368. The average molecular weight is 256 g/mol. The smallest absolute Gasteiger partial charge is 0.0398 e. The van der Waals surface area contributed by atoms with Gasteiger partial charge in [0.2, 0.25) is 0 Å². The number of benzene rings is 2. The van der Waals surface area contributed by atoms with Crippen LogP contribution in [-0.4, -0.2) is 0 Å². The Bertz CT molecular complexity index is 375. The van der Waals surface area contributed by atoms with E-state index in [2.05, 4.69) is 71.0 Å². The van der Waals surface area contributed by atoms with Crippen LogP contribution in [-0.2, 0) is 0 Å². The maximum absolute atomic E-state index is 2.18. The zero-order valence-electron chi connectivity index (χ0n) is 13.1. The van der Waals surface area contributed by atoms with Gasteiger partial charge >= 0.3 is 0 Å². The third-order valence-electron chi connectivity index (χ3n) is 2.66. The molecule has 2 aromatic carbocycles. The van der Waals surface area contributed by atoms with Crippen LogP contribution in [0.15, 0.2) is 54.6 Å². The molecule has 0 saturated carbocycles. The standard InChI is InChI=1S/C8H10.C7H8.C4H10/c1-7-3-5-8(2)6-4-7;1-7-5-3-2-4-6-7;1-3-4-2/h3-6H,1-2H3;2-6H,1H3;3-4H2,1-2H3. The third-order valence-corrected chi connectivity index (χ3v) is 2.66. The molecule has 0 bridgehead atoms. The van der Waals surface area contributed by atoms with Gasteiger partial charge in [-0.15, -0.1) is 0 Å². The molecule has 2 rings (SSSR count). The first kappa shape index (κ1) is 17.4. The zero-order chi connectivity index (χ0) is 14.5. The molecule has 0 saturated heterocycles. The van der Waals surface area contributed by atoms with Crippen LogP contribution in [0, 0.1) is 20.8 Å². The maximum Gasteiger partial charge on any atom is -0.0398 e. The minimum absolute atomic E-state index is 1.32. The summed E-state index contributed by atoms with van der Waals surface area (Å²) >= 11 is 0. The van der Waals surface area contributed by atoms with Crippen molar-refractivity contribution in [1.29, 1.82) is 0 Å². The van der Waals surface area contributed by atoms with Gasteiger partial charge in [0.25, 0.3) is 0 Å². The molecule has 0 aromatic heterocycles. The normalized spacial score (nSPS) is 8.68. The molecule has 0 spiro atoms. The molecular formula is C19H28. The highest BCUT2D eigenvalue weighted by Crippen LogP contribution is 1.99. The van der Waals surface area contributed by atoms with E-state index in [1.807, 2.05) is 18.2 Å². The lowest BCUT2D eigenvalue weighted by atomic mass is 10.2. The van der Waals surface area contributed by atoms with Gasteiger partial charge in [-0.3, -0.25) is 0 Å². The molecule has 0 aliphatic heterocycles. The van der Waals surface area contributed by atoms with Crippen molar-refractivity contribution in [3.8, 4) is 0 Å². The average Bonchev–Trinajstić information content (AvgIpc) is 2.44. The van der Waals surface area contributed by atoms with Crippen molar-refractivity contribution in [2.75, 3.05) is 0 Å². The lowest BCUT2D eigenvalue weighted by molar-refractivity contribution is 0.886. The minimum Gasteiger partial charge on any atom is -0.0654 e. The first-order valence-corrected chi connectivity index (χ1v) is 7.15. The van der Waals surface area contributed by atoms with Crippen molar-refractivity contribution in [3.05, 3.63) is 71.3 Å². The van der Waals surface area contributed by atoms with Crippen LogP contribution in [0.5, 0.6) is 0 Å². The van der Waals surface area contributed by atoms with Crippen LogP contribution in [0.4, 0.5) is 0 Å². The molecule has 104 valence electrons. The Balaban J connectivity index is 0.000000272. The van der Waals surface area contributed by atoms with Crippen molar-refractivity contribution >= 4 is 0 Å². The number of aryl methyl sites for hydroxylation is 3. The van der Waals surface area contributed by atoms with E-state index in [0.717, 1.165) is 0 Å². The van der Waals surface area contributed by atoms with Gasteiger partial charge in [0.15, 0.2) is 0 Å². The van der Waals surface area contributed by atoms with Crippen molar-refractivity contribution in [2.45, 2.75) is 47.5 Å². The summed E-state index contributed by atoms with van der Waals surface area (Å²) in [6.45, 7) is 10.6. The fourth-order valence-electron chi connectivity index (χ4n) is 1.17. The molecule has 0 radical (unpaired) electrons. The molecule has 0 N–H and O–H groups in total. The Kier molecular flexibility index (Phi) is 10.6. The Labute approximate surface area is 119 Å². The largest absolute Gasteiger partial charge is 0.0654 e. The molecule has 0 amide bonds. The lowest BCUT2D eigenvalue weighted by Crippen LogP contribution is -1.70. The molecule has 0 aliphatic rings. The van der Waals surface area contributed by atoms with Crippen LogP contribution >= 0.6 is 0 Å². The van der Waals surface area contributed by atoms with E-state index in [0.29, 0.717) is 0 Å². The van der Waals surface area contributed by atoms with Gasteiger partial charge in [-0.2, -0.15) is 0 Å². The third kappa shape index (κ3) is 11.3. The van der Waals surface area contributed by atoms with Gasteiger partial charge in [-0.05, 0) is 20.8 Å². The highest BCUT2D eigenvalue weighted by Gasteiger charge is 1.79. The lowest BCUT2D eigenvalue weighted by Gasteiger charge is -1.90. The molecular weight excluding hydrogens is 228 g/mol. The second-order valence-corrected chi connectivity index (χ2v) is 4.81. The summed E-state index contributed by atoms with van der Waals surface area (Å²) in [7, 11) is 0. The first-order valence-electron chi connectivity index (χ1n) is 7.15. The van der Waals surface area contributed by atoms with Crippen molar-refractivity contribution in [3.63, 3.8) is 0 Å². The summed E-state index contributed by atoms with van der Waals surface area (Å²) in [5.74, 6) is 0. The van der Waals surface area contributed by atoms with E-state index in [-0.39, 0.29) is 0 Å². The van der Waals surface area contributed by atoms with Crippen molar-refractivity contribution in [1.82, 2.24) is 0 Å². The van der Waals surface area contributed by atoms with Gasteiger partial charge in [0, 0.05) is 0 Å². The quantitative estimate of drug-likeness (QED) is 0.578. The van der Waals surface area contributed by atoms with E-state index in [1.54, 1.807) is 0 Å². The highest BCUT2D eigenvalue weighted by molar-refractivity contribution is 5.19. The Morgan fingerprint density at radius 1 is 0.526 bits per heavy atom. The maximum atomic E-state index is 2.18. The predicted octanol–water partition coefficient (Wildman–Crippen LogP) is 6.10. The second-order valence-electron chi connectivity index (χ2n) is 4.81. The summed E-state index contributed by atoms with van der Waals surface area (Å²) in [6.07, 6.45) is 2.64. The Morgan fingerprint density at radius 2 is 0.842 bits per heavy atom. The van der Waals surface area contributed by atoms with Crippen molar-refractivity contribution in [2.24, 2.45) is 0 Å². The van der Waals surface area contributed by atoms with E-state index >= 15 is 0 Å². The monoisotopic (exact) mass is 256 g/mol. The number of hydrogen-bond donors (Lipinski definition) is 0. The fourth-order valence-corrected chi connectivity index (χ4v) is 1.17. The second kappa shape index (κ2) is 11.5. The summed E-state index contributed by atoms with van der Waals surface area (Å²) in [5.41, 5.74) is 3.98. The number of hydrogen-bond acceptors (Lipinski definition) is 0. The number of unbranched alkanes of at least 4 members (excludes halogenated alkanes) is 1. The number of rotatable bonds is 1. The topological polar surface area (TPSA) is 0 Å². The highest BCUT2D eigenvalue weighted by atomic mass is 13.9. The van der Waals surface area contributed by atoms with Gasteiger partial charge in [-0.1, -0.05) is 98.0 Å². The van der Waals surface area contributed by atoms with E-state index in [4.69, 9.17) is 0 Å². The van der Waals surface area contributed by atoms with Gasteiger partial charge in [-0.25, -0.2) is 0 Å². The van der Waals surface area contributed by atoms with E-state index in [9.17, 15) is 0 Å². The zero-order valence-corrected chi connectivity index (χ0v) is 13.1. The van der Waals surface area contributed by atoms with E-state index in [1.165, 1.54) is 29.5 Å². The van der Waals surface area contributed by atoms with Gasteiger partial charge in [0.1, 0.15) is 0 Å². The molecule has 0 heteroatoms. The SMILES string of the molecule is CCCC.Cc1ccc(C)cc1.Cc1ccccc1.